The van der Waals surface area contributed by atoms with Gasteiger partial charge in [-0.3, -0.25) is 4.79 Å². The molecule has 1 aromatic carbocycles. The van der Waals surface area contributed by atoms with Crippen LogP contribution in [0.25, 0.3) is 0 Å². The zero-order chi connectivity index (χ0) is 21.1. The first-order valence-electron chi connectivity index (χ1n) is 10.2. The van der Waals surface area contributed by atoms with Crippen molar-refractivity contribution in [3.63, 3.8) is 0 Å². The number of anilines is 2. The van der Waals surface area contributed by atoms with Crippen molar-refractivity contribution < 1.29 is 4.79 Å². The average molecular weight is 523 g/mol. The Balaban J connectivity index is 1.71. The molecule has 29 heavy (non-hydrogen) atoms. The van der Waals surface area contributed by atoms with Crippen molar-refractivity contribution in [2.24, 2.45) is 5.92 Å². The molecule has 4 nitrogen and oxygen atoms in total. The van der Waals surface area contributed by atoms with Crippen molar-refractivity contribution >= 4 is 49.1 Å². The van der Waals surface area contributed by atoms with Gasteiger partial charge in [-0.2, -0.15) is 0 Å². The summed E-state index contributed by atoms with van der Waals surface area (Å²) in [5.74, 6) is 1.89. The Hall–Kier alpha value is -1.40. The fourth-order valence-corrected chi connectivity index (χ4v) is 5.00. The molecule has 1 atom stereocenters. The zero-order valence-corrected chi connectivity index (χ0v) is 20.5. The van der Waals surface area contributed by atoms with E-state index in [9.17, 15) is 4.79 Å². The van der Waals surface area contributed by atoms with E-state index in [1.165, 1.54) is 18.4 Å². The molecule has 0 spiro atoms. The lowest BCUT2D eigenvalue weighted by Crippen LogP contribution is -2.34. The largest absolute Gasteiger partial charge is 0.397 e. The maximum Gasteiger partial charge on any atom is 0.140 e. The molecule has 1 saturated heterocycles. The fraction of sp³-hybridized carbons (Fsp3) is 0.478. The van der Waals surface area contributed by atoms with Gasteiger partial charge >= 0.3 is 0 Å². The maximum absolute atomic E-state index is 12.9. The number of carbonyl (C=O) groups excluding carboxylic acids is 1. The Morgan fingerprint density at radius 3 is 2.48 bits per heavy atom. The number of halogens is 2. The highest BCUT2D eigenvalue weighted by Gasteiger charge is 2.22. The second-order valence-electron chi connectivity index (χ2n) is 8.19. The highest BCUT2D eigenvalue weighted by molar-refractivity contribution is 9.11. The van der Waals surface area contributed by atoms with Crippen molar-refractivity contribution in [2.45, 2.75) is 52.4 Å². The summed E-state index contributed by atoms with van der Waals surface area (Å²) in [6.07, 6.45) is 3.62. The summed E-state index contributed by atoms with van der Waals surface area (Å²) >= 11 is 6.95. The molecule has 1 aliphatic rings. The summed E-state index contributed by atoms with van der Waals surface area (Å²) in [6, 6.07) is 8.07. The molecule has 1 fully saturated rings. The normalized spacial score (nSPS) is 16.1. The van der Waals surface area contributed by atoms with Gasteiger partial charge < -0.3 is 10.6 Å². The van der Waals surface area contributed by atoms with Gasteiger partial charge in [0.15, 0.2) is 0 Å². The third-order valence-electron chi connectivity index (χ3n) is 5.90. The lowest BCUT2D eigenvalue weighted by molar-refractivity contribution is -0.120. The highest BCUT2D eigenvalue weighted by Crippen LogP contribution is 2.33. The maximum atomic E-state index is 12.9. The number of aromatic nitrogens is 1. The van der Waals surface area contributed by atoms with Crippen molar-refractivity contribution in [1.29, 1.82) is 0 Å². The van der Waals surface area contributed by atoms with Crippen LogP contribution in [0.3, 0.4) is 0 Å². The molecule has 2 heterocycles. The van der Waals surface area contributed by atoms with Crippen LogP contribution in [0.5, 0.6) is 0 Å². The highest BCUT2D eigenvalue weighted by atomic mass is 79.9. The van der Waals surface area contributed by atoms with Crippen LogP contribution in [-0.4, -0.2) is 23.9 Å². The van der Waals surface area contributed by atoms with E-state index >= 15 is 0 Å². The summed E-state index contributed by atoms with van der Waals surface area (Å²) in [7, 11) is 0. The molecular formula is C23H29Br2N3O. The van der Waals surface area contributed by atoms with Gasteiger partial charge in [0.05, 0.1) is 5.69 Å². The number of Topliss-reactive ketones (excluding diaryl/α,β-unsaturated/α-hetero) is 1. The number of carbonyl (C=O) groups is 1. The second-order valence-corrected chi connectivity index (χ2v) is 9.90. The molecular weight excluding hydrogens is 494 g/mol. The fourth-order valence-electron chi connectivity index (χ4n) is 3.78. The number of ketones is 1. The predicted octanol–water partition coefficient (Wildman–Crippen LogP) is 6.04. The predicted molar refractivity (Wildman–Crippen MR) is 128 cm³/mol. The first kappa shape index (κ1) is 22.3. The van der Waals surface area contributed by atoms with E-state index in [4.69, 9.17) is 10.7 Å². The van der Waals surface area contributed by atoms with Gasteiger partial charge in [-0.05, 0) is 93.3 Å². The Labute approximate surface area is 190 Å². The summed E-state index contributed by atoms with van der Waals surface area (Å²) < 4.78 is 1.62. The first-order valence-corrected chi connectivity index (χ1v) is 11.8. The number of hydrogen-bond acceptors (Lipinski definition) is 4. The topological polar surface area (TPSA) is 59.2 Å². The summed E-state index contributed by atoms with van der Waals surface area (Å²) in [5.41, 5.74) is 9.80. The van der Waals surface area contributed by atoms with Crippen LogP contribution in [0.2, 0.25) is 0 Å². The number of benzene rings is 1. The molecule has 0 radical (unpaired) electrons. The molecule has 3 rings (SSSR count). The number of pyridine rings is 1. The molecule has 1 aliphatic heterocycles. The van der Waals surface area contributed by atoms with Gasteiger partial charge in [0, 0.05) is 40.1 Å². The third-order valence-corrected chi connectivity index (χ3v) is 7.22. The van der Waals surface area contributed by atoms with Crippen molar-refractivity contribution in [3.05, 3.63) is 50.0 Å². The minimum atomic E-state index is -0.180. The van der Waals surface area contributed by atoms with Crippen molar-refractivity contribution in [3.8, 4) is 0 Å². The van der Waals surface area contributed by atoms with Crippen LogP contribution in [0.4, 0.5) is 11.5 Å². The summed E-state index contributed by atoms with van der Waals surface area (Å²) in [4.78, 5) is 20.1. The number of nitrogens with zero attached hydrogens (tertiary/aromatic N) is 2. The molecule has 156 valence electrons. The molecule has 0 aliphatic carbocycles. The number of rotatable bonds is 6. The van der Waals surface area contributed by atoms with E-state index < -0.39 is 0 Å². The minimum absolute atomic E-state index is 0.180. The van der Waals surface area contributed by atoms with Crippen LogP contribution >= 0.6 is 31.9 Å². The molecule has 2 aromatic rings. The molecule has 0 saturated carbocycles. The van der Waals surface area contributed by atoms with Crippen LogP contribution in [0.1, 0.15) is 55.8 Å². The Morgan fingerprint density at radius 2 is 1.86 bits per heavy atom. The molecule has 1 unspecified atom stereocenters. The van der Waals surface area contributed by atoms with Crippen molar-refractivity contribution in [2.75, 3.05) is 23.7 Å². The number of nitrogen functional groups attached to an aromatic ring is 1. The van der Waals surface area contributed by atoms with Gasteiger partial charge in [-0.25, -0.2) is 4.98 Å². The van der Waals surface area contributed by atoms with Crippen LogP contribution in [0, 0.1) is 12.8 Å². The number of piperidine rings is 1. The van der Waals surface area contributed by atoms with E-state index in [2.05, 4.69) is 49.7 Å². The number of aryl methyl sites for hydroxylation is 2. The molecule has 0 amide bonds. The number of hydrogen-bond donors (Lipinski definition) is 1. The van der Waals surface area contributed by atoms with Gasteiger partial charge in [0.2, 0.25) is 0 Å². The summed E-state index contributed by atoms with van der Waals surface area (Å²) in [5, 5.41) is 0. The van der Waals surface area contributed by atoms with Crippen LogP contribution in [0.15, 0.2) is 33.2 Å². The molecule has 6 heteroatoms. The van der Waals surface area contributed by atoms with E-state index in [0.717, 1.165) is 51.4 Å². The van der Waals surface area contributed by atoms with Gasteiger partial charge in [-0.15, -0.1) is 0 Å². The lowest BCUT2D eigenvalue weighted by Gasteiger charge is -2.32. The smallest absolute Gasteiger partial charge is 0.140 e. The number of nitrogens with two attached hydrogens (primary N) is 1. The lowest BCUT2D eigenvalue weighted by atomic mass is 9.92. The van der Waals surface area contributed by atoms with Gasteiger partial charge in [0.1, 0.15) is 11.6 Å². The van der Waals surface area contributed by atoms with Gasteiger partial charge in [0.25, 0.3) is 0 Å². The Bertz CT molecular complexity index is 869. The SMILES string of the molecule is Cc1ccc(CCC(=O)C(C)c2cc(Br)c(N)c(Br)c2)c(N2CCC(C)CC2)n1. The quantitative estimate of drug-likeness (QED) is 0.470. The standard InChI is InChI=1S/C23H29Br2N3O/c1-14-8-10-28(11-9-14)23-17(5-4-15(2)27-23)6-7-21(29)16(3)18-12-19(24)22(26)20(25)13-18/h4-5,12-14,16H,6-11,26H2,1-3H3. The van der Waals surface area contributed by atoms with Crippen molar-refractivity contribution in [1.82, 2.24) is 4.98 Å². The van der Waals surface area contributed by atoms with E-state index in [1.54, 1.807) is 0 Å². The molecule has 1 aromatic heterocycles. The zero-order valence-electron chi connectivity index (χ0n) is 17.3. The molecule has 0 bridgehead atoms. The summed E-state index contributed by atoms with van der Waals surface area (Å²) in [6.45, 7) is 8.40. The van der Waals surface area contributed by atoms with E-state index in [-0.39, 0.29) is 11.7 Å². The van der Waals surface area contributed by atoms with E-state index in [0.29, 0.717) is 12.1 Å². The third kappa shape index (κ3) is 5.40. The Kier molecular flexibility index (Phi) is 7.38. The van der Waals surface area contributed by atoms with E-state index in [1.807, 2.05) is 32.0 Å². The first-order chi connectivity index (χ1) is 13.8. The molecule has 2 N–H and O–H groups in total. The monoisotopic (exact) mass is 521 g/mol. The van der Waals surface area contributed by atoms with Crippen LogP contribution < -0.4 is 10.6 Å². The second kappa shape index (κ2) is 9.61. The Morgan fingerprint density at radius 1 is 1.24 bits per heavy atom. The van der Waals surface area contributed by atoms with Gasteiger partial charge in [-0.1, -0.05) is 19.9 Å². The van der Waals surface area contributed by atoms with Crippen LogP contribution in [-0.2, 0) is 11.2 Å². The minimum Gasteiger partial charge on any atom is -0.397 e. The average Bonchev–Trinajstić information content (AvgIpc) is 2.70.